The number of aryl methyl sites for hydroxylation is 1. The molecule has 0 saturated heterocycles. The Balaban J connectivity index is 2.06. The summed E-state index contributed by atoms with van der Waals surface area (Å²) in [6.45, 7) is 3.29. The van der Waals surface area contributed by atoms with Gasteiger partial charge in [-0.1, -0.05) is 26.2 Å². The maximum atomic E-state index is 9.34. The number of hydrogen-bond acceptors (Lipinski definition) is 3. The molecule has 0 amide bonds. The summed E-state index contributed by atoms with van der Waals surface area (Å²) in [5.74, 6) is 1.82. The topological polar surface area (TPSA) is 36.4 Å². The minimum Gasteiger partial charge on any atom is -0.392 e. The van der Waals surface area contributed by atoms with E-state index in [0.29, 0.717) is 0 Å². The number of nitrogens with zero attached hydrogens (tertiary/aromatic N) is 2. The highest BCUT2D eigenvalue weighted by atomic mass is 16.3. The van der Waals surface area contributed by atoms with Crippen molar-refractivity contribution in [3.63, 3.8) is 0 Å². The van der Waals surface area contributed by atoms with Gasteiger partial charge in [-0.25, -0.2) is 4.98 Å². The van der Waals surface area contributed by atoms with E-state index in [4.69, 9.17) is 0 Å². The number of rotatable bonds is 5. The van der Waals surface area contributed by atoms with Crippen LogP contribution in [0.1, 0.15) is 50.3 Å². The fraction of sp³-hybridized carbons (Fsp3) is 0.688. The summed E-state index contributed by atoms with van der Waals surface area (Å²) >= 11 is 0. The van der Waals surface area contributed by atoms with Crippen LogP contribution in [0, 0.1) is 5.92 Å². The Morgan fingerprint density at radius 2 is 2.00 bits per heavy atom. The summed E-state index contributed by atoms with van der Waals surface area (Å²) in [5.41, 5.74) is 2.04. The largest absolute Gasteiger partial charge is 0.392 e. The van der Waals surface area contributed by atoms with Gasteiger partial charge in [-0.05, 0) is 42.9 Å². The molecule has 0 atom stereocenters. The normalized spacial score (nSPS) is 16.6. The Hall–Kier alpha value is -1.09. The predicted octanol–water partition coefficient (Wildman–Crippen LogP) is 3.15. The van der Waals surface area contributed by atoms with Crippen LogP contribution in [-0.2, 0) is 13.0 Å². The van der Waals surface area contributed by atoms with E-state index in [0.717, 1.165) is 36.0 Å². The highest BCUT2D eigenvalue weighted by Gasteiger charge is 2.16. The van der Waals surface area contributed by atoms with E-state index in [1.54, 1.807) is 0 Å². The second kappa shape index (κ2) is 6.90. The molecule has 1 aliphatic rings. The summed E-state index contributed by atoms with van der Waals surface area (Å²) in [6.07, 6.45) is 7.78. The molecule has 3 nitrogen and oxygen atoms in total. The molecule has 1 fully saturated rings. The quantitative estimate of drug-likeness (QED) is 0.885. The van der Waals surface area contributed by atoms with Gasteiger partial charge in [-0.15, -0.1) is 0 Å². The van der Waals surface area contributed by atoms with Crippen LogP contribution in [0.4, 0.5) is 5.82 Å². The SMILES string of the molecule is CCc1cc(CO)cc(N(C)CC2CCCCC2)n1. The van der Waals surface area contributed by atoms with Crippen molar-refractivity contribution in [1.29, 1.82) is 0 Å². The number of aromatic nitrogens is 1. The summed E-state index contributed by atoms with van der Waals surface area (Å²) in [7, 11) is 2.12. The average molecular weight is 262 g/mol. The van der Waals surface area contributed by atoms with Gasteiger partial charge in [0.1, 0.15) is 5.82 Å². The number of aliphatic hydroxyl groups excluding tert-OH is 1. The van der Waals surface area contributed by atoms with Crippen molar-refractivity contribution in [3.05, 3.63) is 23.4 Å². The van der Waals surface area contributed by atoms with Gasteiger partial charge in [0, 0.05) is 19.3 Å². The Morgan fingerprint density at radius 3 is 2.63 bits per heavy atom. The third-order valence-electron chi connectivity index (χ3n) is 4.12. The van der Waals surface area contributed by atoms with Crippen molar-refractivity contribution in [2.24, 2.45) is 5.92 Å². The first-order chi connectivity index (χ1) is 9.22. The molecule has 1 N–H and O–H groups in total. The minimum atomic E-state index is 0.0970. The van der Waals surface area contributed by atoms with E-state index in [1.165, 1.54) is 32.1 Å². The van der Waals surface area contributed by atoms with E-state index in [1.807, 2.05) is 12.1 Å². The van der Waals surface area contributed by atoms with E-state index >= 15 is 0 Å². The van der Waals surface area contributed by atoms with Crippen molar-refractivity contribution in [1.82, 2.24) is 4.98 Å². The molecule has 0 aromatic carbocycles. The first kappa shape index (κ1) is 14.3. The average Bonchev–Trinajstić information content (AvgIpc) is 2.47. The number of aliphatic hydroxyl groups is 1. The van der Waals surface area contributed by atoms with Gasteiger partial charge < -0.3 is 10.0 Å². The monoisotopic (exact) mass is 262 g/mol. The van der Waals surface area contributed by atoms with Crippen LogP contribution in [0.5, 0.6) is 0 Å². The Labute approximate surface area is 116 Å². The Bertz CT molecular complexity index is 377. The zero-order valence-corrected chi connectivity index (χ0v) is 12.2. The van der Waals surface area contributed by atoms with Gasteiger partial charge in [0.25, 0.3) is 0 Å². The van der Waals surface area contributed by atoms with Crippen molar-refractivity contribution in [2.45, 2.75) is 52.1 Å². The van der Waals surface area contributed by atoms with Gasteiger partial charge in [-0.2, -0.15) is 0 Å². The highest BCUT2D eigenvalue weighted by Crippen LogP contribution is 2.25. The lowest BCUT2D eigenvalue weighted by Gasteiger charge is -2.28. The third kappa shape index (κ3) is 3.93. The maximum Gasteiger partial charge on any atom is 0.128 e. The van der Waals surface area contributed by atoms with E-state index in [2.05, 4.69) is 23.9 Å². The fourth-order valence-corrected chi connectivity index (χ4v) is 2.95. The van der Waals surface area contributed by atoms with E-state index in [-0.39, 0.29) is 6.61 Å². The lowest BCUT2D eigenvalue weighted by molar-refractivity contribution is 0.281. The molecule has 106 valence electrons. The second-order valence-corrected chi connectivity index (χ2v) is 5.72. The summed E-state index contributed by atoms with van der Waals surface area (Å²) in [6, 6.07) is 4.01. The number of hydrogen-bond donors (Lipinski definition) is 1. The zero-order valence-electron chi connectivity index (χ0n) is 12.2. The van der Waals surface area contributed by atoms with E-state index in [9.17, 15) is 5.11 Å². The van der Waals surface area contributed by atoms with Crippen LogP contribution >= 0.6 is 0 Å². The number of anilines is 1. The summed E-state index contributed by atoms with van der Waals surface area (Å²) in [4.78, 5) is 6.94. The molecular weight excluding hydrogens is 236 g/mol. The molecule has 0 spiro atoms. The van der Waals surface area contributed by atoms with Crippen molar-refractivity contribution >= 4 is 5.82 Å². The van der Waals surface area contributed by atoms with Gasteiger partial charge in [0.2, 0.25) is 0 Å². The molecule has 1 heterocycles. The first-order valence-electron chi connectivity index (χ1n) is 7.54. The molecule has 1 aromatic rings. The van der Waals surface area contributed by atoms with Crippen LogP contribution in [0.3, 0.4) is 0 Å². The van der Waals surface area contributed by atoms with Crippen LogP contribution < -0.4 is 4.90 Å². The molecule has 0 aliphatic heterocycles. The van der Waals surface area contributed by atoms with Crippen LogP contribution in [0.25, 0.3) is 0 Å². The summed E-state index contributed by atoms with van der Waals surface area (Å²) < 4.78 is 0. The lowest BCUT2D eigenvalue weighted by Crippen LogP contribution is -2.27. The molecule has 1 aliphatic carbocycles. The van der Waals surface area contributed by atoms with Gasteiger partial charge in [0.15, 0.2) is 0 Å². The Morgan fingerprint density at radius 1 is 1.26 bits per heavy atom. The minimum absolute atomic E-state index is 0.0970. The predicted molar refractivity (Wildman–Crippen MR) is 79.4 cm³/mol. The van der Waals surface area contributed by atoms with Crippen LogP contribution in [0.15, 0.2) is 12.1 Å². The molecule has 1 aromatic heterocycles. The molecular formula is C16H26N2O. The molecule has 1 saturated carbocycles. The van der Waals surface area contributed by atoms with Gasteiger partial charge in [0.05, 0.1) is 6.61 Å². The van der Waals surface area contributed by atoms with Crippen molar-refractivity contribution < 1.29 is 5.11 Å². The van der Waals surface area contributed by atoms with E-state index < -0.39 is 0 Å². The van der Waals surface area contributed by atoms with Crippen molar-refractivity contribution in [3.8, 4) is 0 Å². The molecule has 0 unspecified atom stereocenters. The van der Waals surface area contributed by atoms with Crippen LogP contribution in [0.2, 0.25) is 0 Å². The smallest absolute Gasteiger partial charge is 0.128 e. The fourth-order valence-electron chi connectivity index (χ4n) is 2.95. The molecule has 3 heteroatoms. The van der Waals surface area contributed by atoms with Gasteiger partial charge in [-0.3, -0.25) is 0 Å². The molecule has 0 radical (unpaired) electrons. The summed E-state index contributed by atoms with van der Waals surface area (Å²) in [5, 5.41) is 9.34. The molecule has 2 rings (SSSR count). The van der Waals surface area contributed by atoms with Gasteiger partial charge >= 0.3 is 0 Å². The standard InChI is InChI=1S/C16H26N2O/c1-3-15-9-14(12-19)10-16(17-15)18(2)11-13-7-5-4-6-8-13/h9-10,13,19H,3-8,11-12H2,1-2H3. The second-order valence-electron chi connectivity index (χ2n) is 5.72. The molecule has 0 bridgehead atoms. The highest BCUT2D eigenvalue weighted by molar-refractivity contribution is 5.42. The lowest BCUT2D eigenvalue weighted by atomic mass is 9.89. The number of pyridine rings is 1. The Kier molecular flexibility index (Phi) is 5.20. The third-order valence-corrected chi connectivity index (χ3v) is 4.12. The molecule has 19 heavy (non-hydrogen) atoms. The maximum absolute atomic E-state index is 9.34. The first-order valence-corrected chi connectivity index (χ1v) is 7.54. The van der Waals surface area contributed by atoms with Crippen LogP contribution in [-0.4, -0.2) is 23.7 Å². The van der Waals surface area contributed by atoms with Crippen molar-refractivity contribution in [2.75, 3.05) is 18.5 Å². The zero-order chi connectivity index (χ0) is 13.7.